The van der Waals surface area contributed by atoms with Gasteiger partial charge in [-0.15, -0.1) is 0 Å². The molecule has 1 aromatic rings. The SMILES string of the molecule is CCCNC(=NCc1cc(Cl)c(OCC)c(OC)c1)NCC. The Balaban J connectivity index is 2.89. The minimum absolute atomic E-state index is 0.515. The van der Waals surface area contributed by atoms with Gasteiger partial charge in [-0.2, -0.15) is 0 Å². The molecular formula is C16H26ClN3O2. The molecule has 0 amide bonds. The smallest absolute Gasteiger partial charge is 0.191 e. The summed E-state index contributed by atoms with van der Waals surface area (Å²) in [7, 11) is 1.61. The van der Waals surface area contributed by atoms with Gasteiger partial charge in [-0.3, -0.25) is 0 Å². The molecule has 0 saturated carbocycles. The molecule has 22 heavy (non-hydrogen) atoms. The van der Waals surface area contributed by atoms with Crippen LogP contribution in [0.3, 0.4) is 0 Å². The monoisotopic (exact) mass is 327 g/mol. The molecule has 5 nitrogen and oxygen atoms in total. The minimum Gasteiger partial charge on any atom is -0.493 e. The standard InChI is InChI=1S/C16H26ClN3O2/c1-5-8-19-16(18-6-2)20-11-12-9-13(17)15(22-7-3)14(10-12)21-4/h9-10H,5-8,11H2,1-4H3,(H2,18,19,20). The summed E-state index contributed by atoms with van der Waals surface area (Å²) in [5, 5.41) is 7.02. The summed E-state index contributed by atoms with van der Waals surface area (Å²) in [4.78, 5) is 4.55. The van der Waals surface area contributed by atoms with Crippen LogP contribution in [0.2, 0.25) is 5.02 Å². The van der Waals surface area contributed by atoms with Gasteiger partial charge in [0.05, 0.1) is 25.3 Å². The van der Waals surface area contributed by atoms with Crippen LogP contribution in [0.1, 0.15) is 32.8 Å². The number of methoxy groups -OCH3 is 1. The predicted octanol–water partition coefficient (Wildman–Crippen LogP) is 3.21. The maximum Gasteiger partial charge on any atom is 0.191 e. The van der Waals surface area contributed by atoms with Crippen molar-refractivity contribution in [3.05, 3.63) is 22.7 Å². The van der Waals surface area contributed by atoms with Crippen LogP contribution in [0.4, 0.5) is 0 Å². The Morgan fingerprint density at radius 3 is 2.59 bits per heavy atom. The lowest BCUT2D eigenvalue weighted by Crippen LogP contribution is -2.37. The minimum atomic E-state index is 0.515. The van der Waals surface area contributed by atoms with Crippen molar-refractivity contribution in [1.29, 1.82) is 0 Å². The van der Waals surface area contributed by atoms with E-state index in [1.807, 2.05) is 26.0 Å². The van der Waals surface area contributed by atoms with Crippen LogP contribution in [0, 0.1) is 0 Å². The first-order valence-corrected chi connectivity index (χ1v) is 8.05. The van der Waals surface area contributed by atoms with E-state index in [-0.39, 0.29) is 0 Å². The Bertz CT molecular complexity index is 493. The summed E-state index contributed by atoms with van der Waals surface area (Å²) in [6.07, 6.45) is 1.05. The molecule has 0 fully saturated rings. The zero-order valence-corrected chi connectivity index (χ0v) is 14.6. The number of halogens is 1. The number of guanidine groups is 1. The van der Waals surface area contributed by atoms with Crippen LogP contribution in [-0.2, 0) is 6.54 Å². The number of ether oxygens (including phenoxy) is 2. The molecule has 0 saturated heterocycles. The van der Waals surface area contributed by atoms with Gasteiger partial charge in [-0.1, -0.05) is 18.5 Å². The summed E-state index contributed by atoms with van der Waals surface area (Å²) < 4.78 is 10.9. The van der Waals surface area contributed by atoms with Crippen LogP contribution < -0.4 is 20.1 Å². The zero-order chi connectivity index (χ0) is 16.4. The first kappa shape index (κ1) is 18.4. The Morgan fingerprint density at radius 2 is 2.00 bits per heavy atom. The van der Waals surface area contributed by atoms with Crippen molar-refractivity contribution in [3.8, 4) is 11.5 Å². The van der Waals surface area contributed by atoms with Gasteiger partial charge < -0.3 is 20.1 Å². The molecule has 1 rings (SSSR count). The van der Waals surface area contributed by atoms with Crippen LogP contribution in [-0.4, -0.2) is 32.8 Å². The fraction of sp³-hybridized carbons (Fsp3) is 0.562. The van der Waals surface area contributed by atoms with E-state index in [9.17, 15) is 0 Å². The topological polar surface area (TPSA) is 54.9 Å². The number of hydrogen-bond donors (Lipinski definition) is 2. The molecule has 6 heteroatoms. The van der Waals surface area contributed by atoms with E-state index in [2.05, 4.69) is 22.5 Å². The summed E-state index contributed by atoms with van der Waals surface area (Å²) in [5.74, 6) is 2.01. The molecule has 0 unspecified atom stereocenters. The van der Waals surface area contributed by atoms with Gasteiger partial charge in [0.15, 0.2) is 17.5 Å². The molecule has 0 radical (unpaired) electrons. The van der Waals surface area contributed by atoms with Gasteiger partial charge in [-0.05, 0) is 38.0 Å². The van der Waals surface area contributed by atoms with E-state index in [4.69, 9.17) is 21.1 Å². The van der Waals surface area contributed by atoms with Crippen molar-refractivity contribution >= 4 is 17.6 Å². The Labute approximate surface area is 138 Å². The van der Waals surface area contributed by atoms with Gasteiger partial charge in [0, 0.05) is 13.1 Å². The molecule has 0 heterocycles. The molecule has 124 valence electrons. The lowest BCUT2D eigenvalue weighted by molar-refractivity contribution is 0.311. The quantitative estimate of drug-likeness (QED) is 0.568. The molecule has 0 aliphatic carbocycles. The van der Waals surface area contributed by atoms with Gasteiger partial charge in [0.2, 0.25) is 0 Å². The second-order valence-corrected chi connectivity index (χ2v) is 5.07. The molecule has 0 aliphatic rings. The number of aliphatic imine (C=N–C) groups is 1. The van der Waals surface area contributed by atoms with Gasteiger partial charge in [-0.25, -0.2) is 4.99 Å². The highest BCUT2D eigenvalue weighted by Crippen LogP contribution is 2.36. The Kier molecular flexibility index (Phi) is 8.51. The third-order valence-corrected chi connectivity index (χ3v) is 3.17. The second-order valence-electron chi connectivity index (χ2n) is 4.66. The molecular weight excluding hydrogens is 302 g/mol. The van der Waals surface area contributed by atoms with Crippen molar-refractivity contribution in [2.45, 2.75) is 33.7 Å². The number of rotatable bonds is 8. The summed E-state index contributed by atoms with van der Waals surface area (Å²) in [6, 6.07) is 3.77. The maximum absolute atomic E-state index is 6.27. The van der Waals surface area contributed by atoms with E-state index in [0.29, 0.717) is 29.7 Å². The first-order valence-electron chi connectivity index (χ1n) is 7.67. The second kappa shape index (κ2) is 10.2. The van der Waals surface area contributed by atoms with Crippen molar-refractivity contribution in [1.82, 2.24) is 10.6 Å². The summed E-state index contributed by atoms with van der Waals surface area (Å²) in [5.41, 5.74) is 0.971. The van der Waals surface area contributed by atoms with Gasteiger partial charge in [0.1, 0.15) is 0 Å². The molecule has 0 aromatic heterocycles. The van der Waals surface area contributed by atoms with Crippen molar-refractivity contribution < 1.29 is 9.47 Å². The average Bonchev–Trinajstić information content (AvgIpc) is 2.52. The van der Waals surface area contributed by atoms with E-state index in [1.165, 1.54) is 0 Å². The summed E-state index contributed by atoms with van der Waals surface area (Å²) in [6.45, 7) is 8.84. The fourth-order valence-corrected chi connectivity index (χ4v) is 2.19. The zero-order valence-electron chi connectivity index (χ0n) is 13.8. The predicted molar refractivity (Wildman–Crippen MR) is 92.3 cm³/mol. The molecule has 0 spiro atoms. The number of hydrogen-bond acceptors (Lipinski definition) is 3. The molecule has 0 aliphatic heterocycles. The molecule has 0 bridgehead atoms. The van der Waals surface area contributed by atoms with Crippen molar-refractivity contribution in [2.75, 3.05) is 26.8 Å². The third kappa shape index (κ3) is 5.64. The highest BCUT2D eigenvalue weighted by Gasteiger charge is 2.11. The van der Waals surface area contributed by atoms with Crippen LogP contribution in [0.25, 0.3) is 0 Å². The molecule has 1 aromatic carbocycles. The number of nitrogens with zero attached hydrogens (tertiary/aromatic N) is 1. The highest BCUT2D eigenvalue weighted by atomic mass is 35.5. The van der Waals surface area contributed by atoms with Crippen molar-refractivity contribution in [2.24, 2.45) is 4.99 Å². The average molecular weight is 328 g/mol. The van der Waals surface area contributed by atoms with Crippen LogP contribution in [0.5, 0.6) is 11.5 Å². The van der Waals surface area contributed by atoms with Crippen molar-refractivity contribution in [3.63, 3.8) is 0 Å². The largest absolute Gasteiger partial charge is 0.493 e. The summed E-state index contributed by atoms with van der Waals surface area (Å²) >= 11 is 6.27. The highest BCUT2D eigenvalue weighted by molar-refractivity contribution is 6.32. The maximum atomic E-state index is 6.27. The van der Waals surface area contributed by atoms with E-state index < -0.39 is 0 Å². The van der Waals surface area contributed by atoms with E-state index in [0.717, 1.165) is 31.0 Å². The number of nitrogens with one attached hydrogen (secondary N) is 2. The molecule has 2 N–H and O–H groups in total. The normalized spacial score (nSPS) is 11.2. The fourth-order valence-electron chi connectivity index (χ4n) is 1.90. The Morgan fingerprint density at radius 1 is 1.23 bits per heavy atom. The lowest BCUT2D eigenvalue weighted by atomic mass is 10.2. The van der Waals surface area contributed by atoms with E-state index in [1.54, 1.807) is 7.11 Å². The van der Waals surface area contributed by atoms with E-state index >= 15 is 0 Å². The lowest BCUT2D eigenvalue weighted by Gasteiger charge is -2.13. The third-order valence-electron chi connectivity index (χ3n) is 2.88. The Hall–Kier alpha value is -1.62. The van der Waals surface area contributed by atoms with Gasteiger partial charge >= 0.3 is 0 Å². The molecule has 0 atom stereocenters. The van der Waals surface area contributed by atoms with Crippen LogP contribution in [0.15, 0.2) is 17.1 Å². The van der Waals surface area contributed by atoms with Gasteiger partial charge in [0.25, 0.3) is 0 Å². The first-order chi connectivity index (χ1) is 10.7. The number of benzene rings is 1. The van der Waals surface area contributed by atoms with Crippen LogP contribution >= 0.6 is 11.6 Å².